The minimum Gasteiger partial charge on any atom is -0.314 e. The van der Waals surface area contributed by atoms with Crippen LogP contribution in [0, 0.1) is 11.3 Å². The minimum atomic E-state index is -3.45. The molecule has 2 aliphatic heterocycles. The Hall–Kier alpha value is -1.46. The topological polar surface area (TPSA) is 76.4 Å². The Morgan fingerprint density at radius 3 is 2.45 bits per heavy atom. The first-order chi connectivity index (χ1) is 10.6. The molecule has 0 radical (unpaired) electrons. The van der Waals surface area contributed by atoms with Crippen LogP contribution in [0.25, 0.3) is 0 Å². The standard InChI is InChI=1S/C15H20N4O2S/c16-11-13-1-3-15(4-2-13)22(20,21)19-8-5-14(12-19)18-9-6-17-7-10-18/h1-4,14,17H,5-10,12H2. The third-order valence-electron chi connectivity index (χ3n) is 4.42. The lowest BCUT2D eigenvalue weighted by Gasteiger charge is -2.32. The van der Waals surface area contributed by atoms with Gasteiger partial charge < -0.3 is 5.32 Å². The summed E-state index contributed by atoms with van der Waals surface area (Å²) < 4.78 is 26.9. The van der Waals surface area contributed by atoms with Crippen LogP contribution in [0.2, 0.25) is 0 Å². The molecular formula is C15H20N4O2S. The van der Waals surface area contributed by atoms with Gasteiger partial charge in [-0.3, -0.25) is 4.90 Å². The zero-order valence-corrected chi connectivity index (χ0v) is 13.2. The maximum Gasteiger partial charge on any atom is 0.243 e. The monoisotopic (exact) mass is 320 g/mol. The molecule has 1 N–H and O–H groups in total. The van der Waals surface area contributed by atoms with Gasteiger partial charge in [0, 0.05) is 45.3 Å². The van der Waals surface area contributed by atoms with Crippen molar-refractivity contribution in [3.8, 4) is 6.07 Å². The summed E-state index contributed by atoms with van der Waals surface area (Å²) in [5.41, 5.74) is 0.471. The zero-order valence-electron chi connectivity index (χ0n) is 12.4. The van der Waals surface area contributed by atoms with Gasteiger partial charge in [-0.1, -0.05) is 0 Å². The number of nitrogens with zero attached hydrogens (tertiary/aromatic N) is 3. The number of sulfonamides is 1. The number of rotatable bonds is 3. The Kier molecular flexibility index (Phi) is 4.45. The Labute approximate surface area is 131 Å². The number of nitriles is 1. The van der Waals surface area contributed by atoms with Crippen molar-refractivity contribution in [1.29, 1.82) is 5.26 Å². The molecule has 2 heterocycles. The highest BCUT2D eigenvalue weighted by Gasteiger charge is 2.35. The summed E-state index contributed by atoms with van der Waals surface area (Å²) in [6.07, 6.45) is 0.884. The van der Waals surface area contributed by atoms with Gasteiger partial charge in [0.25, 0.3) is 0 Å². The van der Waals surface area contributed by atoms with Gasteiger partial charge in [-0.15, -0.1) is 0 Å². The number of hydrogen-bond acceptors (Lipinski definition) is 5. The van der Waals surface area contributed by atoms with Crippen LogP contribution in [0.4, 0.5) is 0 Å². The molecule has 2 fully saturated rings. The fourth-order valence-corrected chi connectivity index (χ4v) is 4.62. The highest BCUT2D eigenvalue weighted by Crippen LogP contribution is 2.24. The maximum absolute atomic E-state index is 12.7. The summed E-state index contributed by atoms with van der Waals surface area (Å²) >= 11 is 0. The molecule has 0 spiro atoms. The van der Waals surface area contributed by atoms with Crippen LogP contribution in [0.15, 0.2) is 29.2 Å². The van der Waals surface area contributed by atoms with Crippen molar-refractivity contribution >= 4 is 10.0 Å². The van der Waals surface area contributed by atoms with E-state index in [9.17, 15) is 8.42 Å². The lowest BCUT2D eigenvalue weighted by atomic mass is 10.2. The van der Waals surface area contributed by atoms with Gasteiger partial charge in [0.2, 0.25) is 10.0 Å². The lowest BCUT2D eigenvalue weighted by Crippen LogP contribution is -2.49. The Morgan fingerprint density at radius 2 is 1.82 bits per heavy atom. The molecule has 1 aromatic carbocycles. The first kappa shape index (κ1) is 15.4. The van der Waals surface area contributed by atoms with Crippen molar-refractivity contribution in [2.45, 2.75) is 17.4 Å². The second-order valence-corrected chi connectivity index (χ2v) is 7.67. The van der Waals surface area contributed by atoms with E-state index >= 15 is 0 Å². The molecule has 3 rings (SSSR count). The second kappa shape index (κ2) is 6.34. The van der Waals surface area contributed by atoms with Gasteiger partial charge in [-0.05, 0) is 30.7 Å². The third kappa shape index (κ3) is 3.01. The van der Waals surface area contributed by atoms with Crippen molar-refractivity contribution in [1.82, 2.24) is 14.5 Å². The zero-order chi connectivity index (χ0) is 15.6. The first-order valence-electron chi connectivity index (χ1n) is 7.56. The molecule has 0 saturated carbocycles. The van der Waals surface area contributed by atoms with Crippen LogP contribution in [0.3, 0.4) is 0 Å². The van der Waals surface area contributed by atoms with Crippen molar-refractivity contribution < 1.29 is 8.42 Å². The summed E-state index contributed by atoms with van der Waals surface area (Å²) in [4.78, 5) is 2.65. The van der Waals surface area contributed by atoms with Crippen LogP contribution >= 0.6 is 0 Å². The van der Waals surface area contributed by atoms with E-state index in [1.165, 1.54) is 12.1 Å². The molecule has 1 aromatic rings. The van der Waals surface area contributed by atoms with Crippen LogP contribution in [0.1, 0.15) is 12.0 Å². The molecular weight excluding hydrogens is 300 g/mol. The number of benzene rings is 1. The number of nitrogens with one attached hydrogen (secondary N) is 1. The third-order valence-corrected chi connectivity index (χ3v) is 6.29. The van der Waals surface area contributed by atoms with Crippen LogP contribution in [0.5, 0.6) is 0 Å². The van der Waals surface area contributed by atoms with E-state index in [1.54, 1.807) is 16.4 Å². The quantitative estimate of drug-likeness (QED) is 0.862. The molecule has 0 bridgehead atoms. The van der Waals surface area contributed by atoms with Gasteiger partial charge in [-0.25, -0.2) is 8.42 Å². The number of piperazine rings is 1. The Morgan fingerprint density at radius 1 is 1.14 bits per heavy atom. The van der Waals surface area contributed by atoms with Crippen molar-refractivity contribution in [3.63, 3.8) is 0 Å². The molecule has 2 aliphatic rings. The molecule has 7 heteroatoms. The Balaban J connectivity index is 1.71. The van der Waals surface area contributed by atoms with Gasteiger partial charge in [0.05, 0.1) is 16.5 Å². The molecule has 0 aromatic heterocycles. The number of hydrogen-bond donors (Lipinski definition) is 1. The highest BCUT2D eigenvalue weighted by molar-refractivity contribution is 7.89. The van der Waals surface area contributed by atoms with Crippen molar-refractivity contribution in [2.75, 3.05) is 39.3 Å². The van der Waals surface area contributed by atoms with Crippen molar-refractivity contribution in [3.05, 3.63) is 29.8 Å². The Bertz CT molecular complexity index is 660. The normalized spacial score (nSPS) is 24.2. The molecule has 0 aliphatic carbocycles. The maximum atomic E-state index is 12.7. The fourth-order valence-electron chi connectivity index (χ4n) is 3.12. The van der Waals surface area contributed by atoms with E-state index in [1.807, 2.05) is 6.07 Å². The lowest BCUT2D eigenvalue weighted by molar-refractivity contribution is 0.179. The molecule has 6 nitrogen and oxygen atoms in total. The molecule has 1 atom stereocenters. The van der Waals surface area contributed by atoms with Gasteiger partial charge in [0.15, 0.2) is 0 Å². The van der Waals surface area contributed by atoms with Crippen LogP contribution < -0.4 is 5.32 Å². The van der Waals surface area contributed by atoms with E-state index in [4.69, 9.17) is 5.26 Å². The van der Waals surface area contributed by atoms with Crippen LogP contribution in [-0.2, 0) is 10.0 Å². The average Bonchev–Trinajstić information content (AvgIpc) is 3.06. The molecule has 2 saturated heterocycles. The molecule has 22 heavy (non-hydrogen) atoms. The summed E-state index contributed by atoms with van der Waals surface area (Å²) in [6.45, 7) is 5.03. The molecule has 118 valence electrons. The second-order valence-electron chi connectivity index (χ2n) is 5.73. The fraction of sp³-hybridized carbons (Fsp3) is 0.533. The van der Waals surface area contributed by atoms with E-state index in [-0.39, 0.29) is 4.90 Å². The van der Waals surface area contributed by atoms with Gasteiger partial charge in [-0.2, -0.15) is 9.57 Å². The summed E-state index contributed by atoms with van der Waals surface area (Å²) in [5.74, 6) is 0. The van der Waals surface area contributed by atoms with Gasteiger partial charge >= 0.3 is 0 Å². The van der Waals surface area contributed by atoms with E-state index in [2.05, 4.69) is 10.2 Å². The van der Waals surface area contributed by atoms with E-state index in [0.29, 0.717) is 24.7 Å². The predicted molar refractivity (Wildman–Crippen MR) is 82.8 cm³/mol. The predicted octanol–water partition coefficient (Wildman–Crippen LogP) is 0.226. The summed E-state index contributed by atoms with van der Waals surface area (Å²) in [7, 11) is -3.45. The van der Waals surface area contributed by atoms with Gasteiger partial charge in [0.1, 0.15) is 0 Å². The van der Waals surface area contributed by atoms with E-state index in [0.717, 1.165) is 32.6 Å². The average molecular weight is 320 g/mol. The minimum absolute atomic E-state index is 0.271. The molecule has 0 amide bonds. The largest absolute Gasteiger partial charge is 0.314 e. The smallest absolute Gasteiger partial charge is 0.243 e. The molecule has 1 unspecified atom stereocenters. The van der Waals surface area contributed by atoms with Crippen molar-refractivity contribution in [2.24, 2.45) is 0 Å². The summed E-state index contributed by atoms with van der Waals surface area (Å²) in [5, 5.41) is 12.1. The first-order valence-corrected chi connectivity index (χ1v) is 9.00. The van der Waals surface area contributed by atoms with Crippen LogP contribution in [-0.4, -0.2) is 62.9 Å². The highest BCUT2D eigenvalue weighted by atomic mass is 32.2. The SMILES string of the molecule is N#Cc1ccc(S(=O)(=O)N2CCC(N3CCNCC3)C2)cc1. The van der Waals surface area contributed by atoms with E-state index < -0.39 is 10.0 Å². The summed E-state index contributed by atoms with van der Waals surface area (Å²) in [6, 6.07) is 8.46.